The maximum atomic E-state index is 13.3. The quantitative estimate of drug-likeness (QED) is 0.815. The molecule has 2 fully saturated rings. The van der Waals surface area contributed by atoms with E-state index in [9.17, 15) is 14.0 Å². The number of carbonyl (C=O) groups excluding carboxylic acids is 2. The molecule has 0 spiro atoms. The number of nitrogens with one attached hydrogen (secondary N) is 1. The van der Waals surface area contributed by atoms with Gasteiger partial charge in [0.2, 0.25) is 11.9 Å². The molecule has 0 aliphatic carbocycles. The summed E-state index contributed by atoms with van der Waals surface area (Å²) in [6.45, 7) is 1.05. The number of pyridine rings is 1. The molecule has 0 saturated carbocycles. The maximum absolute atomic E-state index is 13.3. The normalized spacial score (nSPS) is 24.5. The molecule has 3 atom stereocenters. The number of carbonyl (C=O) groups is 2. The first-order valence-electron chi connectivity index (χ1n) is 9.00. The van der Waals surface area contributed by atoms with E-state index in [1.54, 1.807) is 16.2 Å². The number of rotatable bonds is 4. The van der Waals surface area contributed by atoms with Crippen LogP contribution in [0.3, 0.4) is 0 Å². The lowest BCUT2D eigenvalue weighted by Gasteiger charge is -2.35. The molecule has 4 rings (SSSR count). The first-order valence-corrected chi connectivity index (χ1v) is 9.88. The van der Waals surface area contributed by atoms with Gasteiger partial charge in [0.25, 0.3) is 5.91 Å². The van der Waals surface area contributed by atoms with Crippen LogP contribution in [-0.2, 0) is 16.1 Å². The Kier molecular flexibility index (Phi) is 5.18. The molecule has 27 heavy (non-hydrogen) atoms. The summed E-state index contributed by atoms with van der Waals surface area (Å²) in [7, 11) is 0. The number of thiophene rings is 1. The second-order valence-corrected chi connectivity index (χ2v) is 7.79. The van der Waals surface area contributed by atoms with E-state index in [2.05, 4.69) is 10.3 Å². The van der Waals surface area contributed by atoms with Crippen LogP contribution in [0.1, 0.15) is 34.5 Å². The molecule has 2 saturated heterocycles. The number of hydrogen-bond acceptors (Lipinski definition) is 5. The van der Waals surface area contributed by atoms with Crippen LogP contribution in [0, 0.1) is 5.95 Å². The van der Waals surface area contributed by atoms with Crippen molar-refractivity contribution in [2.45, 2.75) is 44.1 Å². The molecule has 0 aromatic carbocycles. The number of hydrogen-bond donors (Lipinski definition) is 1. The first-order chi connectivity index (χ1) is 13.1. The minimum atomic E-state index is -0.668. The molecule has 8 heteroatoms. The van der Waals surface area contributed by atoms with Crippen molar-refractivity contribution in [2.24, 2.45) is 0 Å². The van der Waals surface area contributed by atoms with E-state index < -0.39 is 12.1 Å². The number of nitrogens with zero attached hydrogens (tertiary/aromatic N) is 2. The molecule has 142 valence electrons. The van der Waals surface area contributed by atoms with E-state index in [0.717, 1.165) is 10.9 Å². The van der Waals surface area contributed by atoms with Gasteiger partial charge in [-0.05, 0) is 36.8 Å². The van der Waals surface area contributed by atoms with E-state index in [0.29, 0.717) is 37.9 Å². The number of amides is 2. The molecule has 2 aromatic heterocycles. The fourth-order valence-electron chi connectivity index (χ4n) is 3.77. The Bertz CT molecular complexity index is 829. The van der Waals surface area contributed by atoms with Crippen LogP contribution in [0.15, 0.2) is 35.8 Å². The molecule has 2 aliphatic rings. The average Bonchev–Trinajstić information content (AvgIpc) is 3.34. The Hall–Kier alpha value is -2.32. The predicted molar refractivity (Wildman–Crippen MR) is 97.7 cm³/mol. The summed E-state index contributed by atoms with van der Waals surface area (Å²) < 4.78 is 19.3. The Labute approximate surface area is 160 Å². The highest BCUT2D eigenvalue weighted by atomic mass is 32.1. The van der Waals surface area contributed by atoms with E-state index in [4.69, 9.17) is 4.74 Å². The number of halogens is 1. The largest absolute Gasteiger partial charge is 0.363 e. The molecule has 2 aliphatic heterocycles. The van der Waals surface area contributed by atoms with Crippen molar-refractivity contribution in [3.8, 4) is 0 Å². The van der Waals surface area contributed by atoms with Gasteiger partial charge in [0.1, 0.15) is 6.10 Å². The van der Waals surface area contributed by atoms with Gasteiger partial charge in [0.05, 0.1) is 18.7 Å². The molecule has 4 heterocycles. The van der Waals surface area contributed by atoms with Crippen LogP contribution in [0.5, 0.6) is 0 Å². The summed E-state index contributed by atoms with van der Waals surface area (Å²) in [5.74, 6) is -0.991. The zero-order chi connectivity index (χ0) is 18.8. The van der Waals surface area contributed by atoms with Crippen LogP contribution < -0.4 is 5.32 Å². The zero-order valence-corrected chi connectivity index (χ0v) is 15.5. The highest BCUT2D eigenvalue weighted by Crippen LogP contribution is 2.32. The predicted octanol–water partition coefficient (Wildman–Crippen LogP) is 2.36. The van der Waals surface area contributed by atoms with Crippen molar-refractivity contribution in [3.63, 3.8) is 0 Å². The Morgan fingerprint density at radius 3 is 3.00 bits per heavy atom. The maximum Gasteiger partial charge on any atom is 0.254 e. The van der Waals surface area contributed by atoms with Crippen LogP contribution in [-0.4, -0.2) is 46.5 Å². The van der Waals surface area contributed by atoms with Crippen molar-refractivity contribution in [2.75, 3.05) is 6.54 Å². The van der Waals surface area contributed by atoms with Gasteiger partial charge in [0.15, 0.2) is 0 Å². The summed E-state index contributed by atoms with van der Waals surface area (Å²) >= 11 is 1.60. The first kappa shape index (κ1) is 18.1. The van der Waals surface area contributed by atoms with E-state index in [-0.39, 0.29) is 24.0 Å². The molecule has 2 aromatic rings. The summed E-state index contributed by atoms with van der Waals surface area (Å²) in [6.07, 6.45) is 2.58. The van der Waals surface area contributed by atoms with E-state index >= 15 is 0 Å². The second-order valence-electron chi connectivity index (χ2n) is 6.76. The number of fused-ring (bicyclic) bond motifs is 1. The van der Waals surface area contributed by atoms with Gasteiger partial charge in [-0.2, -0.15) is 4.39 Å². The smallest absolute Gasteiger partial charge is 0.254 e. The lowest BCUT2D eigenvalue weighted by atomic mass is 9.98. The highest BCUT2D eigenvalue weighted by molar-refractivity contribution is 7.09. The minimum Gasteiger partial charge on any atom is -0.363 e. The van der Waals surface area contributed by atoms with Gasteiger partial charge < -0.3 is 15.0 Å². The third kappa shape index (κ3) is 3.86. The number of ether oxygens (including phenoxy) is 1. The van der Waals surface area contributed by atoms with Gasteiger partial charge in [-0.1, -0.05) is 6.07 Å². The van der Waals surface area contributed by atoms with Crippen molar-refractivity contribution >= 4 is 23.2 Å². The van der Waals surface area contributed by atoms with Crippen LogP contribution in [0.2, 0.25) is 0 Å². The van der Waals surface area contributed by atoms with E-state index in [1.165, 1.54) is 12.3 Å². The van der Waals surface area contributed by atoms with Crippen molar-refractivity contribution in [3.05, 3.63) is 52.2 Å². The topological polar surface area (TPSA) is 71.5 Å². The van der Waals surface area contributed by atoms with Crippen molar-refractivity contribution in [1.82, 2.24) is 15.2 Å². The summed E-state index contributed by atoms with van der Waals surface area (Å²) in [6, 6.07) is 6.52. The standard InChI is InChI=1S/C19H20FN3O3S/c20-17-10-12(5-7-21-17)19(25)23-8-6-15-14(23)3-4-16(26-15)18(24)22-11-13-2-1-9-27-13/h1-2,5,7,9-10,14-16H,3-4,6,8,11H2,(H,22,24)/t14-,15-,16+/m1/s1. The minimum absolute atomic E-state index is 0.0740. The zero-order valence-electron chi connectivity index (χ0n) is 14.6. The average molecular weight is 389 g/mol. The second kappa shape index (κ2) is 7.74. The van der Waals surface area contributed by atoms with Crippen molar-refractivity contribution in [1.29, 1.82) is 0 Å². The summed E-state index contributed by atoms with van der Waals surface area (Å²) in [5.41, 5.74) is 0.291. The Morgan fingerprint density at radius 2 is 2.22 bits per heavy atom. The third-order valence-corrected chi connectivity index (χ3v) is 5.97. The summed E-state index contributed by atoms with van der Waals surface area (Å²) in [4.78, 5) is 31.4. The van der Waals surface area contributed by atoms with E-state index in [1.807, 2.05) is 17.5 Å². The monoisotopic (exact) mass is 389 g/mol. The van der Waals surface area contributed by atoms with Gasteiger partial charge in [0, 0.05) is 29.2 Å². The molecule has 0 radical (unpaired) electrons. The lowest BCUT2D eigenvalue weighted by molar-refractivity contribution is -0.143. The highest BCUT2D eigenvalue weighted by Gasteiger charge is 2.43. The van der Waals surface area contributed by atoms with Gasteiger partial charge in [-0.25, -0.2) is 4.98 Å². The number of likely N-dealkylation sites (tertiary alicyclic amines) is 1. The fraction of sp³-hybridized carbons (Fsp3) is 0.421. The van der Waals surface area contributed by atoms with Gasteiger partial charge in [-0.15, -0.1) is 11.3 Å². The third-order valence-electron chi connectivity index (χ3n) is 5.09. The SMILES string of the molecule is O=C(NCc1cccs1)[C@@H]1CC[C@@H]2[C@@H](CCN2C(=O)c2ccnc(F)c2)O1. The molecular formula is C19H20FN3O3S. The lowest BCUT2D eigenvalue weighted by Crippen LogP contribution is -2.48. The Balaban J connectivity index is 1.35. The molecule has 0 unspecified atom stereocenters. The summed E-state index contributed by atoms with van der Waals surface area (Å²) in [5, 5.41) is 4.89. The number of aromatic nitrogens is 1. The molecular weight excluding hydrogens is 369 g/mol. The van der Waals surface area contributed by atoms with Gasteiger partial charge >= 0.3 is 0 Å². The van der Waals surface area contributed by atoms with Crippen molar-refractivity contribution < 1.29 is 18.7 Å². The molecule has 6 nitrogen and oxygen atoms in total. The Morgan fingerprint density at radius 1 is 1.33 bits per heavy atom. The van der Waals surface area contributed by atoms with Crippen LogP contribution in [0.25, 0.3) is 0 Å². The fourth-order valence-corrected chi connectivity index (χ4v) is 4.42. The van der Waals surface area contributed by atoms with Crippen LogP contribution in [0.4, 0.5) is 4.39 Å². The molecule has 1 N–H and O–H groups in total. The van der Waals surface area contributed by atoms with Crippen LogP contribution >= 0.6 is 11.3 Å². The molecule has 0 bridgehead atoms. The molecule has 2 amide bonds. The van der Waals surface area contributed by atoms with Gasteiger partial charge in [-0.3, -0.25) is 9.59 Å².